The van der Waals surface area contributed by atoms with Crippen LogP contribution in [0.2, 0.25) is 0 Å². The number of rotatable bonds is 2. The number of aromatic nitrogens is 1. The van der Waals surface area contributed by atoms with Crippen LogP contribution in [-0.4, -0.2) is 10.9 Å². The van der Waals surface area contributed by atoms with Gasteiger partial charge in [-0.15, -0.1) is 0 Å². The molecule has 3 aromatic rings. The van der Waals surface area contributed by atoms with Gasteiger partial charge in [0.1, 0.15) is 5.52 Å². The number of hydrogen-bond donors (Lipinski definition) is 1. The third-order valence-electron chi connectivity index (χ3n) is 2.74. The molecule has 0 spiro atoms. The fourth-order valence-corrected chi connectivity index (χ4v) is 2.22. The zero-order valence-corrected chi connectivity index (χ0v) is 11.3. The summed E-state index contributed by atoms with van der Waals surface area (Å²) in [5, 5.41) is 0. The van der Waals surface area contributed by atoms with Gasteiger partial charge in [-0.05, 0) is 36.4 Å². The van der Waals surface area contributed by atoms with Crippen LogP contribution < -0.4 is 5.73 Å². The van der Waals surface area contributed by atoms with Crippen molar-refractivity contribution in [2.45, 2.75) is 0 Å². The number of carbonyl (C=O) groups is 1. The molecule has 19 heavy (non-hydrogen) atoms. The van der Waals surface area contributed by atoms with Gasteiger partial charge in [0.05, 0.1) is 0 Å². The Kier molecular flexibility index (Phi) is 2.83. The van der Waals surface area contributed by atoms with Crippen LogP contribution in [0.15, 0.2) is 51.4 Å². The molecule has 1 heterocycles. The molecule has 0 unspecified atom stereocenters. The van der Waals surface area contributed by atoms with E-state index in [1.165, 1.54) is 0 Å². The van der Waals surface area contributed by atoms with Gasteiger partial charge in [-0.25, -0.2) is 4.98 Å². The predicted molar refractivity (Wildman–Crippen MR) is 75.7 cm³/mol. The molecule has 5 heteroatoms. The average molecular weight is 317 g/mol. The number of halogens is 1. The second-order valence-electron chi connectivity index (χ2n) is 4.08. The number of amides is 1. The summed E-state index contributed by atoms with van der Waals surface area (Å²) in [6, 6.07) is 12.6. The number of hydrogen-bond acceptors (Lipinski definition) is 3. The SMILES string of the molecule is NC(=O)c1ccc2oc(-c3cccc(Br)c3)nc2c1. The zero-order chi connectivity index (χ0) is 13.4. The van der Waals surface area contributed by atoms with Crippen molar-refractivity contribution < 1.29 is 9.21 Å². The van der Waals surface area contributed by atoms with Crippen LogP contribution in [0, 0.1) is 0 Å². The molecule has 4 nitrogen and oxygen atoms in total. The Morgan fingerprint density at radius 3 is 2.79 bits per heavy atom. The van der Waals surface area contributed by atoms with Crippen LogP contribution >= 0.6 is 15.9 Å². The lowest BCUT2D eigenvalue weighted by molar-refractivity contribution is 0.100. The van der Waals surface area contributed by atoms with Crippen molar-refractivity contribution in [3.8, 4) is 11.5 Å². The van der Waals surface area contributed by atoms with Crippen molar-refractivity contribution in [1.82, 2.24) is 4.98 Å². The van der Waals surface area contributed by atoms with E-state index in [2.05, 4.69) is 20.9 Å². The van der Waals surface area contributed by atoms with Gasteiger partial charge < -0.3 is 10.2 Å². The van der Waals surface area contributed by atoms with Gasteiger partial charge in [0.25, 0.3) is 0 Å². The monoisotopic (exact) mass is 316 g/mol. The molecule has 0 radical (unpaired) electrons. The molecule has 1 aromatic heterocycles. The van der Waals surface area contributed by atoms with Gasteiger partial charge >= 0.3 is 0 Å². The molecule has 0 aliphatic rings. The Morgan fingerprint density at radius 1 is 1.21 bits per heavy atom. The molecule has 0 fully saturated rings. The molecule has 2 N–H and O–H groups in total. The summed E-state index contributed by atoms with van der Waals surface area (Å²) in [6.45, 7) is 0. The number of fused-ring (bicyclic) bond motifs is 1. The van der Waals surface area contributed by atoms with E-state index in [9.17, 15) is 4.79 Å². The summed E-state index contributed by atoms with van der Waals surface area (Å²) in [7, 11) is 0. The number of primary amides is 1. The molecular formula is C14H9BrN2O2. The van der Waals surface area contributed by atoms with E-state index in [4.69, 9.17) is 10.2 Å². The normalized spacial score (nSPS) is 10.8. The zero-order valence-electron chi connectivity index (χ0n) is 9.76. The van der Waals surface area contributed by atoms with Crippen LogP contribution in [0.4, 0.5) is 0 Å². The van der Waals surface area contributed by atoms with Gasteiger partial charge in [-0.2, -0.15) is 0 Å². The van der Waals surface area contributed by atoms with Crippen molar-refractivity contribution >= 4 is 32.9 Å². The molecule has 0 atom stereocenters. The lowest BCUT2D eigenvalue weighted by atomic mass is 10.2. The highest BCUT2D eigenvalue weighted by Gasteiger charge is 2.10. The maximum atomic E-state index is 11.1. The minimum atomic E-state index is -0.478. The molecule has 0 aliphatic carbocycles. The van der Waals surface area contributed by atoms with Gasteiger partial charge in [0, 0.05) is 15.6 Å². The number of benzene rings is 2. The first-order valence-corrected chi connectivity index (χ1v) is 6.39. The van der Waals surface area contributed by atoms with Gasteiger partial charge in [0.15, 0.2) is 5.58 Å². The topological polar surface area (TPSA) is 69.1 Å². The molecule has 0 bridgehead atoms. The first-order valence-electron chi connectivity index (χ1n) is 5.60. The fraction of sp³-hybridized carbons (Fsp3) is 0. The van der Waals surface area contributed by atoms with Gasteiger partial charge in [-0.1, -0.05) is 22.0 Å². The van der Waals surface area contributed by atoms with E-state index in [0.717, 1.165) is 10.0 Å². The smallest absolute Gasteiger partial charge is 0.248 e. The summed E-state index contributed by atoms with van der Waals surface area (Å²) in [4.78, 5) is 15.5. The van der Waals surface area contributed by atoms with E-state index in [0.29, 0.717) is 22.6 Å². The number of carbonyl (C=O) groups excluding carboxylic acids is 1. The van der Waals surface area contributed by atoms with Crippen LogP contribution in [0.5, 0.6) is 0 Å². The van der Waals surface area contributed by atoms with Crippen LogP contribution in [-0.2, 0) is 0 Å². The number of nitrogens with zero attached hydrogens (tertiary/aromatic N) is 1. The summed E-state index contributed by atoms with van der Waals surface area (Å²) < 4.78 is 6.61. The maximum absolute atomic E-state index is 11.1. The Morgan fingerprint density at radius 2 is 2.05 bits per heavy atom. The first-order chi connectivity index (χ1) is 9.13. The highest BCUT2D eigenvalue weighted by atomic mass is 79.9. The maximum Gasteiger partial charge on any atom is 0.248 e. The summed E-state index contributed by atoms with van der Waals surface area (Å²) in [5.74, 6) is 0.0341. The number of oxazole rings is 1. The predicted octanol–water partition coefficient (Wildman–Crippen LogP) is 3.36. The van der Waals surface area contributed by atoms with Gasteiger partial charge in [-0.3, -0.25) is 4.79 Å². The fourth-order valence-electron chi connectivity index (χ4n) is 1.83. The minimum Gasteiger partial charge on any atom is -0.436 e. The third kappa shape index (κ3) is 2.24. The average Bonchev–Trinajstić information content (AvgIpc) is 2.81. The molecule has 0 aliphatic heterocycles. The molecular weight excluding hydrogens is 308 g/mol. The second kappa shape index (κ2) is 4.51. The Bertz CT molecular complexity index is 780. The molecule has 3 rings (SSSR count). The Hall–Kier alpha value is -2.14. The largest absolute Gasteiger partial charge is 0.436 e. The molecule has 0 saturated heterocycles. The van der Waals surface area contributed by atoms with Crippen LogP contribution in [0.3, 0.4) is 0 Å². The van der Waals surface area contributed by atoms with Crippen molar-refractivity contribution in [2.24, 2.45) is 5.73 Å². The van der Waals surface area contributed by atoms with Crippen LogP contribution in [0.1, 0.15) is 10.4 Å². The molecule has 0 saturated carbocycles. The standard InChI is InChI=1S/C14H9BrN2O2/c15-10-3-1-2-9(6-10)14-17-11-7-8(13(16)18)4-5-12(11)19-14/h1-7H,(H2,16,18). The quantitative estimate of drug-likeness (QED) is 0.788. The Balaban J connectivity index is 2.14. The summed E-state index contributed by atoms with van der Waals surface area (Å²) in [6.07, 6.45) is 0. The summed E-state index contributed by atoms with van der Waals surface area (Å²) in [5.41, 5.74) is 7.77. The van der Waals surface area contributed by atoms with E-state index in [1.807, 2.05) is 24.3 Å². The summed E-state index contributed by atoms with van der Waals surface area (Å²) >= 11 is 3.40. The minimum absolute atomic E-state index is 0.418. The van der Waals surface area contributed by atoms with E-state index in [-0.39, 0.29) is 0 Å². The van der Waals surface area contributed by atoms with E-state index < -0.39 is 5.91 Å². The second-order valence-corrected chi connectivity index (χ2v) is 4.99. The Labute approximate surface area is 117 Å². The molecule has 2 aromatic carbocycles. The lowest BCUT2D eigenvalue weighted by Crippen LogP contribution is -2.10. The first kappa shape index (κ1) is 11.9. The molecule has 1 amide bonds. The molecule has 94 valence electrons. The van der Waals surface area contributed by atoms with Gasteiger partial charge in [0.2, 0.25) is 11.8 Å². The lowest BCUT2D eigenvalue weighted by Gasteiger charge is -1.94. The highest BCUT2D eigenvalue weighted by Crippen LogP contribution is 2.26. The third-order valence-corrected chi connectivity index (χ3v) is 3.24. The van der Waals surface area contributed by atoms with Crippen molar-refractivity contribution in [1.29, 1.82) is 0 Å². The highest BCUT2D eigenvalue weighted by molar-refractivity contribution is 9.10. The van der Waals surface area contributed by atoms with E-state index >= 15 is 0 Å². The van der Waals surface area contributed by atoms with E-state index in [1.54, 1.807) is 18.2 Å². The van der Waals surface area contributed by atoms with Crippen molar-refractivity contribution in [3.63, 3.8) is 0 Å². The van der Waals surface area contributed by atoms with Crippen LogP contribution in [0.25, 0.3) is 22.6 Å². The van der Waals surface area contributed by atoms with Crippen molar-refractivity contribution in [3.05, 3.63) is 52.5 Å². The van der Waals surface area contributed by atoms with Crippen molar-refractivity contribution in [2.75, 3.05) is 0 Å². The number of nitrogens with two attached hydrogens (primary N) is 1.